The van der Waals surface area contributed by atoms with Gasteiger partial charge in [0.15, 0.2) is 0 Å². The second kappa shape index (κ2) is 7.12. The molecule has 0 rings (SSSR count). The van der Waals surface area contributed by atoms with Gasteiger partial charge in [-0.25, -0.2) is 0 Å². The van der Waals surface area contributed by atoms with Crippen molar-refractivity contribution in [1.29, 1.82) is 0 Å². The lowest BCUT2D eigenvalue weighted by Gasteiger charge is -2.24. The summed E-state index contributed by atoms with van der Waals surface area (Å²) in [7, 11) is 1.87. The zero-order chi connectivity index (χ0) is 11.1. The highest BCUT2D eigenvalue weighted by Crippen LogP contribution is 2.06. The third kappa shape index (κ3) is 5.50. The van der Waals surface area contributed by atoms with Gasteiger partial charge in [0.25, 0.3) is 0 Å². The summed E-state index contributed by atoms with van der Waals surface area (Å²) in [5, 5.41) is 0. The van der Waals surface area contributed by atoms with Gasteiger partial charge in [-0.1, -0.05) is 0 Å². The van der Waals surface area contributed by atoms with E-state index in [1.54, 1.807) is 11.8 Å². The van der Waals surface area contributed by atoms with Gasteiger partial charge in [0.1, 0.15) is 0 Å². The van der Waals surface area contributed by atoms with Gasteiger partial charge < -0.3 is 10.6 Å². The van der Waals surface area contributed by atoms with Gasteiger partial charge in [-0.3, -0.25) is 4.79 Å². The molecule has 0 radical (unpaired) electrons. The second-order valence-electron chi connectivity index (χ2n) is 3.82. The molecule has 14 heavy (non-hydrogen) atoms. The zero-order valence-corrected chi connectivity index (χ0v) is 10.4. The Hall–Kier alpha value is -0.220. The first kappa shape index (κ1) is 13.8. The maximum Gasteiger partial charge on any atom is 0.222 e. The minimum Gasteiger partial charge on any atom is -0.342 e. The standard InChI is InChI=1S/C10H22N2OS/c1-8(11)5-6-10(13)12(3)9(2)7-14-4/h8-9H,5-7,11H2,1-4H3. The first-order valence-electron chi connectivity index (χ1n) is 4.99. The smallest absolute Gasteiger partial charge is 0.222 e. The van der Waals surface area contributed by atoms with Crippen molar-refractivity contribution in [2.45, 2.75) is 38.8 Å². The molecule has 4 heteroatoms. The third-order valence-corrected chi connectivity index (χ3v) is 3.09. The van der Waals surface area contributed by atoms with Gasteiger partial charge in [-0.15, -0.1) is 0 Å². The molecule has 0 aromatic heterocycles. The summed E-state index contributed by atoms with van der Waals surface area (Å²) >= 11 is 1.76. The Morgan fingerprint density at radius 3 is 2.50 bits per heavy atom. The highest BCUT2D eigenvalue weighted by Gasteiger charge is 2.14. The molecule has 0 heterocycles. The molecule has 1 amide bonds. The SMILES string of the molecule is CSCC(C)N(C)C(=O)CCC(C)N. The molecule has 3 nitrogen and oxygen atoms in total. The molecule has 2 unspecified atom stereocenters. The number of rotatable bonds is 6. The lowest BCUT2D eigenvalue weighted by molar-refractivity contribution is -0.131. The van der Waals surface area contributed by atoms with Crippen LogP contribution in [0.4, 0.5) is 0 Å². The number of carbonyl (C=O) groups is 1. The van der Waals surface area contributed by atoms with Crippen LogP contribution in [0.25, 0.3) is 0 Å². The molecule has 0 aliphatic carbocycles. The molecule has 0 fully saturated rings. The van der Waals surface area contributed by atoms with E-state index in [1.807, 2.05) is 18.9 Å². The summed E-state index contributed by atoms with van der Waals surface area (Å²) in [4.78, 5) is 13.4. The normalized spacial score (nSPS) is 14.9. The number of hydrogen-bond acceptors (Lipinski definition) is 3. The van der Waals surface area contributed by atoms with E-state index >= 15 is 0 Å². The van der Waals surface area contributed by atoms with Crippen molar-refractivity contribution in [2.24, 2.45) is 5.73 Å². The van der Waals surface area contributed by atoms with Crippen molar-refractivity contribution >= 4 is 17.7 Å². The van der Waals surface area contributed by atoms with Crippen molar-refractivity contribution in [3.05, 3.63) is 0 Å². The third-order valence-electron chi connectivity index (χ3n) is 2.28. The van der Waals surface area contributed by atoms with Gasteiger partial charge in [0.2, 0.25) is 5.91 Å². The Labute approximate surface area is 91.4 Å². The van der Waals surface area contributed by atoms with E-state index in [4.69, 9.17) is 5.73 Å². The Morgan fingerprint density at radius 2 is 2.07 bits per heavy atom. The molecule has 0 aliphatic heterocycles. The lowest BCUT2D eigenvalue weighted by Crippen LogP contribution is -2.37. The fourth-order valence-corrected chi connectivity index (χ4v) is 1.83. The van der Waals surface area contributed by atoms with E-state index in [0.717, 1.165) is 12.2 Å². The fourth-order valence-electron chi connectivity index (χ4n) is 1.13. The number of hydrogen-bond donors (Lipinski definition) is 1. The summed E-state index contributed by atoms with van der Waals surface area (Å²) in [5.41, 5.74) is 5.60. The highest BCUT2D eigenvalue weighted by molar-refractivity contribution is 7.98. The van der Waals surface area contributed by atoms with E-state index in [9.17, 15) is 4.79 Å². The van der Waals surface area contributed by atoms with E-state index < -0.39 is 0 Å². The van der Waals surface area contributed by atoms with E-state index in [1.165, 1.54) is 0 Å². The van der Waals surface area contributed by atoms with Crippen molar-refractivity contribution in [2.75, 3.05) is 19.1 Å². The van der Waals surface area contributed by atoms with Crippen LogP contribution in [-0.2, 0) is 4.79 Å². The number of carbonyl (C=O) groups excluding carboxylic acids is 1. The minimum atomic E-state index is 0.114. The van der Waals surface area contributed by atoms with Gasteiger partial charge in [-0.05, 0) is 26.5 Å². The summed E-state index contributed by atoms with van der Waals surface area (Å²) in [6.45, 7) is 4.00. The minimum absolute atomic E-state index is 0.114. The average molecular weight is 218 g/mol. The molecule has 0 aromatic rings. The maximum absolute atomic E-state index is 11.6. The van der Waals surface area contributed by atoms with Crippen LogP contribution >= 0.6 is 11.8 Å². The molecule has 0 saturated heterocycles. The number of thioether (sulfide) groups is 1. The summed E-state index contributed by atoms with van der Waals surface area (Å²) in [5.74, 6) is 1.18. The molecular weight excluding hydrogens is 196 g/mol. The van der Waals surface area contributed by atoms with Crippen LogP contribution in [0.3, 0.4) is 0 Å². The zero-order valence-electron chi connectivity index (χ0n) is 9.62. The molecule has 0 aliphatic rings. The topological polar surface area (TPSA) is 46.3 Å². The number of nitrogens with two attached hydrogens (primary N) is 1. The summed E-state index contributed by atoms with van der Waals surface area (Å²) in [6, 6.07) is 0.425. The molecule has 0 aromatic carbocycles. The predicted molar refractivity (Wildman–Crippen MR) is 63.5 cm³/mol. The van der Waals surface area contributed by atoms with Gasteiger partial charge in [0, 0.05) is 31.3 Å². The van der Waals surface area contributed by atoms with E-state index in [-0.39, 0.29) is 11.9 Å². The van der Waals surface area contributed by atoms with Crippen LogP contribution in [0, 0.1) is 0 Å². The van der Waals surface area contributed by atoms with Crippen molar-refractivity contribution in [3.8, 4) is 0 Å². The van der Waals surface area contributed by atoms with Gasteiger partial charge >= 0.3 is 0 Å². The van der Waals surface area contributed by atoms with Crippen molar-refractivity contribution in [1.82, 2.24) is 4.90 Å². The number of nitrogens with zero attached hydrogens (tertiary/aromatic N) is 1. The van der Waals surface area contributed by atoms with E-state index in [0.29, 0.717) is 12.5 Å². The van der Waals surface area contributed by atoms with Crippen LogP contribution in [0.15, 0.2) is 0 Å². The van der Waals surface area contributed by atoms with Crippen LogP contribution in [0.5, 0.6) is 0 Å². The van der Waals surface area contributed by atoms with Crippen molar-refractivity contribution < 1.29 is 4.79 Å². The predicted octanol–water partition coefficient (Wildman–Crippen LogP) is 1.32. The van der Waals surface area contributed by atoms with Crippen LogP contribution < -0.4 is 5.73 Å². The van der Waals surface area contributed by atoms with Gasteiger partial charge in [0.05, 0.1) is 0 Å². The Kier molecular flexibility index (Phi) is 7.01. The monoisotopic (exact) mass is 218 g/mol. The quantitative estimate of drug-likeness (QED) is 0.731. The molecule has 0 saturated carbocycles. The molecule has 2 atom stereocenters. The fraction of sp³-hybridized carbons (Fsp3) is 0.900. The Morgan fingerprint density at radius 1 is 1.50 bits per heavy atom. The van der Waals surface area contributed by atoms with E-state index in [2.05, 4.69) is 13.2 Å². The Balaban J connectivity index is 3.86. The molecule has 2 N–H and O–H groups in total. The van der Waals surface area contributed by atoms with Crippen LogP contribution in [0.2, 0.25) is 0 Å². The molecule has 0 spiro atoms. The first-order chi connectivity index (χ1) is 6.49. The Bertz CT molecular complexity index is 174. The summed E-state index contributed by atoms with van der Waals surface area (Å²) in [6.07, 6.45) is 3.39. The second-order valence-corrected chi connectivity index (χ2v) is 4.74. The molecular formula is C10H22N2OS. The molecule has 84 valence electrons. The maximum atomic E-state index is 11.6. The van der Waals surface area contributed by atoms with Gasteiger partial charge in [-0.2, -0.15) is 11.8 Å². The van der Waals surface area contributed by atoms with Crippen molar-refractivity contribution in [3.63, 3.8) is 0 Å². The average Bonchev–Trinajstić information content (AvgIpc) is 2.13. The molecule has 0 bridgehead atoms. The van der Waals surface area contributed by atoms with Crippen LogP contribution in [0.1, 0.15) is 26.7 Å². The highest BCUT2D eigenvalue weighted by atomic mass is 32.2. The lowest BCUT2D eigenvalue weighted by atomic mass is 10.2. The largest absolute Gasteiger partial charge is 0.342 e. The summed E-state index contributed by atoms with van der Waals surface area (Å²) < 4.78 is 0. The number of amides is 1. The first-order valence-corrected chi connectivity index (χ1v) is 6.38. The van der Waals surface area contributed by atoms with Crippen LogP contribution in [-0.4, -0.2) is 41.9 Å².